The molecular weight excluding hydrogens is 300 g/mol. The molecule has 2 aliphatic rings. The molecule has 5 heteroatoms. The zero-order valence-electron chi connectivity index (χ0n) is 14.2. The standard InChI is InChI=1S/C19H24N4O/c1-21-9-11-22(12-10-21)17-6-8-23(14-17)19(24)16-4-5-18-15(13-16)3-2-7-20-18/h2-5,7,13,17H,6,8-12,14H2,1H3/t17-/m1/s1. The maximum absolute atomic E-state index is 12.8. The number of hydrogen-bond donors (Lipinski definition) is 0. The van der Waals surface area contributed by atoms with Gasteiger partial charge >= 0.3 is 0 Å². The highest BCUT2D eigenvalue weighted by atomic mass is 16.2. The summed E-state index contributed by atoms with van der Waals surface area (Å²) >= 11 is 0. The number of hydrogen-bond acceptors (Lipinski definition) is 4. The number of carbonyl (C=O) groups is 1. The molecule has 1 amide bonds. The van der Waals surface area contributed by atoms with Crippen molar-refractivity contribution < 1.29 is 4.79 Å². The minimum Gasteiger partial charge on any atom is -0.337 e. The summed E-state index contributed by atoms with van der Waals surface area (Å²) in [4.78, 5) is 24.1. The summed E-state index contributed by atoms with van der Waals surface area (Å²) in [5.74, 6) is 0.150. The number of pyridine rings is 1. The Morgan fingerprint density at radius 1 is 1.12 bits per heavy atom. The van der Waals surface area contributed by atoms with Gasteiger partial charge in [-0.1, -0.05) is 6.07 Å². The van der Waals surface area contributed by atoms with Crippen molar-refractivity contribution in [3.63, 3.8) is 0 Å². The monoisotopic (exact) mass is 324 g/mol. The van der Waals surface area contributed by atoms with Crippen molar-refractivity contribution in [3.05, 3.63) is 42.1 Å². The molecule has 4 rings (SSSR count). The highest BCUT2D eigenvalue weighted by molar-refractivity contribution is 5.98. The zero-order valence-corrected chi connectivity index (χ0v) is 14.2. The van der Waals surface area contributed by atoms with Gasteiger partial charge in [-0.3, -0.25) is 14.7 Å². The van der Waals surface area contributed by atoms with Gasteiger partial charge in [-0.15, -0.1) is 0 Å². The van der Waals surface area contributed by atoms with E-state index in [-0.39, 0.29) is 5.91 Å². The Labute approximate surface area is 142 Å². The molecule has 0 unspecified atom stereocenters. The molecule has 0 bridgehead atoms. The average molecular weight is 324 g/mol. The topological polar surface area (TPSA) is 39.7 Å². The van der Waals surface area contributed by atoms with E-state index in [1.807, 2.05) is 35.2 Å². The first-order valence-electron chi connectivity index (χ1n) is 8.77. The highest BCUT2D eigenvalue weighted by Crippen LogP contribution is 2.21. The molecular formula is C19H24N4O. The molecule has 2 fully saturated rings. The number of amides is 1. The Morgan fingerprint density at radius 3 is 2.79 bits per heavy atom. The van der Waals surface area contributed by atoms with Gasteiger partial charge in [0.25, 0.3) is 5.91 Å². The Bertz CT molecular complexity index is 739. The van der Waals surface area contributed by atoms with E-state index in [1.54, 1.807) is 6.20 Å². The molecule has 24 heavy (non-hydrogen) atoms. The molecule has 1 aromatic heterocycles. The maximum atomic E-state index is 12.8. The van der Waals surface area contributed by atoms with Crippen molar-refractivity contribution in [1.82, 2.24) is 19.7 Å². The first-order chi connectivity index (χ1) is 11.7. The quantitative estimate of drug-likeness (QED) is 0.843. The van der Waals surface area contributed by atoms with Crippen molar-refractivity contribution in [1.29, 1.82) is 0 Å². The Morgan fingerprint density at radius 2 is 1.96 bits per heavy atom. The number of likely N-dealkylation sites (N-methyl/N-ethyl adjacent to an activating group) is 1. The van der Waals surface area contributed by atoms with E-state index in [0.29, 0.717) is 6.04 Å². The van der Waals surface area contributed by atoms with E-state index in [1.165, 1.54) is 0 Å². The van der Waals surface area contributed by atoms with Crippen molar-refractivity contribution >= 4 is 16.8 Å². The molecule has 2 aromatic rings. The molecule has 126 valence electrons. The van der Waals surface area contributed by atoms with E-state index in [9.17, 15) is 4.79 Å². The lowest BCUT2D eigenvalue weighted by Gasteiger charge is -2.36. The van der Waals surface area contributed by atoms with Crippen LogP contribution in [0.15, 0.2) is 36.5 Å². The van der Waals surface area contributed by atoms with Crippen LogP contribution in [-0.2, 0) is 0 Å². The molecule has 0 N–H and O–H groups in total. The van der Waals surface area contributed by atoms with Gasteiger partial charge in [0, 0.05) is 62.5 Å². The second kappa shape index (κ2) is 6.49. The number of aromatic nitrogens is 1. The van der Waals surface area contributed by atoms with Crippen molar-refractivity contribution in [2.75, 3.05) is 46.3 Å². The fourth-order valence-corrected chi connectivity index (χ4v) is 3.80. The van der Waals surface area contributed by atoms with Crippen LogP contribution in [0.2, 0.25) is 0 Å². The highest BCUT2D eigenvalue weighted by Gasteiger charge is 2.32. The first-order valence-corrected chi connectivity index (χ1v) is 8.77. The van der Waals surface area contributed by atoms with Gasteiger partial charge in [0.05, 0.1) is 5.52 Å². The third-order valence-electron chi connectivity index (χ3n) is 5.35. The van der Waals surface area contributed by atoms with E-state index in [2.05, 4.69) is 21.8 Å². The number of likely N-dealkylation sites (tertiary alicyclic amines) is 1. The van der Waals surface area contributed by atoms with Crippen LogP contribution in [0, 0.1) is 0 Å². The SMILES string of the molecule is CN1CCN([C@@H]2CCN(C(=O)c3ccc4ncccc4c3)C2)CC1. The number of rotatable bonds is 2. The van der Waals surface area contributed by atoms with Crippen LogP contribution in [-0.4, -0.2) is 77.9 Å². The second-order valence-electron chi connectivity index (χ2n) is 6.94. The molecule has 0 aliphatic carbocycles. The summed E-state index contributed by atoms with van der Waals surface area (Å²) < 4.78 is 0. The number of fused-ring (bicyclic) bond motifs is 1. The molecule has 0 spiro atoms. The average Bonchev–Trinajstić information content (AvgIpc) is 3.11. The smallest absolute Gasteiger partial charge is 0.253 e. The van der Waals surface area contributed by atoms with Crippen molar-refractivity contribution in [3.8, 4) is 0 Å². The molecule has 0 saturated carbocycles. The van der Waals surface area contributed by atoms with Gasteiger partial charge in [0.2, 0.25) is 0 Å². The van der Waals surface area contributed by atoms with E-state index in [4.69, 9.17) is 0 Å². The van der Waals surface area contributed by atoms with Gasteiger partial charge < -0.3 is 9.80 Å². The third kappa shape index (κ3) is 3.01. The fraction of sp³-hybridized carbons (Fsp3) is 0.474. The summed E-state index contributed by atoms with van der Waals surface area (Å²) in [7, 11) is 2.18. The first kappa shape index (κ1) is 15.5. The zero-order chi connectivity index (χ0) is 16.5. The fourth-order valence-electron chi connectivity index (χ4n) is 3.80. The van der Waals surface area contributed by atoms with Crippen LogP contribution in [0.25, 0.3) is 10.9 Å². The van der Waals surface area contributed by atoms with E-state index < -0.39 is 0 Å². The van der Waals surface area contributed by atoms with Crippen LogP contribution >= 0.6 is 0 Å². The predicted octanol–water partition coefficient (Wildman–Crippen LogP) is 1.70. The Kier molecular flexibility index (Phi) is 4.21. The number of nitrogens with zero attached hydrogens (tertiary/aromatic N) is 4. The van der Waals surface area contributed by atoms with Gasteiger partial charge in [-0.25, -0.2) is 0 Å². The lowest BCUT2D eigenvalue weighted by Crippen LogP contribution is -2.50. The minimum absolute atomic E-state index is 0.150. The summed E-state index contributed by atoms with van der Waals surface area (Å²) in [6.07, 6.45) is 2.87. The summed E-state index contributed by atoms with van der Waals surface area (Å²) in [6.45, 7) is 6.20. The Balaban J connectivity index is 1.44. The maximum Gasteiger partial charge on any atom is 0.253 e. The molecule has 1 aromatic carbocycles. The van der Waals surface area contributed by atoms with Crippen LogP contribution in [0.4, 0.5) is 0 Å². The van der Waals surface area contributed by atoms with Gasteiger partial charge in [0.1, 0.15) is 0 Å². The van der Waals surface area contributed by atoms with E-state index >= 15 is 0 Å². The Hall–Kier alpha value is -1.98. The molecule has 1 atom stereocenters. The number of piperazine rings is 1. The van der Waals surface area contributed by atoms with E-state index in [0.717, 1.165) is 62.2 Å². The number of benzene rings is 1. The summed E-state index contributed by atoms with van der Waals surface area (Å²) in [5, 5.41) is 1.03. The molecule has 2 aliphatic heterocycles. The lowest BCUT2D eigenvalue weighted by atomic mass is 10.1. The largest absolute Gasteiger partial charge is 0.337 e. The number of carbonyl (C=O) groups excluding carboxylic acids is 1. The molecule has 3 heterocycles. The summed E-state index contributed by atoms with van der Waals surface area (Å²) in [6, 6.07) is 10.3. The van der Waals surface area contributed by atoms with Gasteiger partial charge in [0.15, 0.2) is 0 Å². The third-order valence-corrected chi connectivity index (χ3v) is 5.35. The second-order valence-corrected chi connectivity index (χ2v) is 6.94. The molecule has 0 radical (unpaired) electrons. The normalized spacial score (nSPS) is 23.0. The predicted molar refractivity (Wildman–Crippen MR) is 95.1 cm³/mol. The minimum atomic E-state index is 0.150. The van der Waals surface area contributed by atoms with Crippen LogP contribution in [0.5, 0.6) is 0 Å². The lowest BCUT2D eigenvalue weighted by molar-refractivity contribution is 0.0755. The van der Waals surface area contributed by atoms with Gasteiger partial charge in [-0.05, 0) is 37.7 Å². The molecule has 5 nitrogen and oxygen atoms in total. The van der Waals surface area contributed by atoms with Crippen molar-refractivity contribution in [2.45, 2.75) is 12.5 Å². The van der Waals surface area contributed by atoms with Crippen LogP contribution in [0.1, 0.15) is 16.8 Å². The van der Waals surface area contributed by atoms with Crippen molar-refractivity contribution in [2.24, 2.45) is 0 Å². The van der Waals surface area contributed by atoms with Crippen LogP contribution < -0.4 is 0 Å². The van der Waals surface area contributed by atoms with Crippen LogP contribution in [0.3, 0.4) is 0 Å². The van der Waals surface area contributed by atoms with Gasteiger partial charge in [-0.2, -0.15) is 0 Å². The molecule has 2 saturated heterocycles. The summed E-state index contributed by atoms with van der Waals surface area (Å²) in [5.41, 5.74) is 1.71.